The maximum absolute atomic E-state index is 12.9. The number of amides is 2. The van der Waals surface area contributed by atoms with Gasteiger partial charge >= 0.3 is 0 Å². The molecule has 2 aromatic rings. The molecule has 3 heterocycles. The Labute approximate surface area is 199 Å². The van der Waals surface area contributed by atoms with Crippen LogP contribution < -0.4 is 0 Å². The molecular weight excluding hydrogens is 430 g/mol. The van der Waals surface area contributed by atoms with Gasteiger partial charge in [-0.2, -0.15) is 0 Å². The minimum absolute atomic E-state index is 0.00133. The summed E-state index contributed by atoms with van der Waals surface area (Å²) in [7, 11) is 1.61. The Hall–Kier alpha value is -2.96. The number of ether oxygens (including phenoxy) is 1. The van der Waals surface area contributed by atoms with Crippen molar-refractivity contribution in [2.24, 2.45) is 17.8 Å². The van der Waals surface area contributed by atoms with Crippen LogP contribution in [0.2, 0.25) is 0 Å². The van der Waals surface area contributed by atoms with Crippen LogP contribution in [0.5, 0.6) is 0 Å². The zero-order chi connectivity index (χ0) is 23.8. The van der Waals surface area contributed by atoms with Crippen LogP contribution in [0.3, 0.4) is 0 Å². The Morgan fingerprint density at radius 2 is 1.91 bits per heavy atom. The quantitative estimate of drug-likeness (QED) is 0.487. The van der Waals surface area contributed by atoms with Crippen molar-refractivity contribution in [1.82, 2.24) is 4.90 Å². The van der Waals surface area contributed by atoms with Crippen molar-refractivity contribution in [3.05, 3.63) is 70.7 Å². The van der Waals surface area contributed by atoms with Gasteiger partial charge in [-0.15, -0.1) is 0 Å². The van der Waals surface area contributed by atoms with E-state index in [1.54, 1.807) is 13.1 Å². The van der Waals surface area contributed by atoms with Gasteiger partial charge in [-0.05, 0) is 60.6 Å². The monoisotopic (exact) mass is 461 g/mol. The van der Waals surface area contributed by atoms with Gasteiger partial charge < -0.3 is 14.3 Å². The second kappa shape index (κ2) is 9.35. The lowest BCUT2D eigenvalue weighted by Crippen LogP contribution is -2.33. The minimum atomic E-state index is -0.281. The molecule has 0 saturated carbocycles. The van der Waals surface area contributed by atoms with Gasteiger partial charge in [0.2, 0.25) is 11.8 Å². The van der Waals surface area contributed by atoms with Gasteiger partial charge in [-0.1, -0.05) is 42.8 Å². The average Bonchev–Trinajstić information content (AvgIpc) is 3.56. The number of carbonyl (C=O) groups is 2. The first kappa shape index (κ1) is 22.8. The number of aliphatic hydroxyl groups is 1. The van der Waals surface area contributed by atoms with E-state index < -0.39 is 0 Å². The molecular formula is C28H31NO5. The molecule has 2 amide bonds. The fourth-order valence-electron chi connectivity index (χ4n) is 5.94. The molecule has 3 aliphatic rings. The van der Waals surface area contributed by atoms with Gasteiger partial charge in [0.1, 0.15) is 18.1 Å². The van der Waals surface area contributed by atoms with Gasteiger partial charge in [0, 0.05) is 13.0 Å². The Morgan fingerprint density at radius 3 is 2.62 bits per heavy atom. The molecule has 5 rings (SSSR count). The Morgan fingerprint density at radius 1 is 1.12 bits per heavy atom. The zero-order valence-corrected chi connectivity index (χ0v) is 19.7. The highest BCUT2D eigenvalue weighted by Gasteiger charge is 2.55. The molecule has 0 radical (unpaired) electrons. The molecule has 1 aromatic heterocycles. The average molecular weight is 462 g/mol. The Kier molecular flexibility index (Phi) is 6.28. The van der Waals surface area contributed by atoms with Gasteiger partial charge in [0.25, 0.3) is 0 Å². The molecule has 6 nitrogen and oxygen atoms in total. The first-order chi connectivity index (χ1) is 16.5. The number of benzene rings is 1. The topological polar surface area (TPSA) is 80.0 Å². The number of aliphatic hydroxyl groups excluding tert-OH is 1. The lowest BCUT2D eigenvalue weighted by atomic mass is 9.69. The molecule has 2 saturated heterocycles. The van der Waals surface area contributed by atoms with Crippen LogP contribution in [0.1, 0.15) is 49.7 Å². The number of fused-ring (bicyclic) bond motifs is 3. The standard InChI is InChI=1S/C28H31NO5/c1-3-17-14-22-26(28(32)29(2)27(22)31)23-16-33-24(25(17)23)12-9-19(18-7-5-4-6-8-18)13-20-10-11-21(15-30)34-20/h4-8,10-11,13,22-24,26,30H,3,9,12,14-16H2,1-2H3/b19-13-/t22-,23+,24-,26-/m1/s1. The van der Waals surface area contributed by atoms with Crippen LogP contribution in [-0.2, 0) is 20.9 Å². The Bertz CT molecular complexity index is 1140. The number of imide groups is 1. The third kappa shape index (κ3) is 3.95. The summed E-state index contributed by atoms with van der Waals surface area (Å²) in [6.07, 6.45) is 5.08. The summed E-state index contributed by atoms with van der Waals surface area (Å²) in [5, 5.41) is 9.34. The second-order valence-electron chi connectivity index (χ2n) is 9.45. The van der Waals surface area contributed by atoms with Crippen LogP contribution in [0.25, 0.3) is 11.6 Å². The minimum Gasteiger partial charge on any atom is -0.459 e. The molecule has 6 heteroatoms. The van der Waals surface area contributed by atoms with Crippen LogP contribution in [0.15, 0.2) is 58.0 Å². The number of hydrogen-bond acceptors (Lipinski definition) is 5. The number of likely N-dealkylation sites (tertiary alicyclic amines) is 1. The fourth-order valence-corrected chi connectivity index (χ4v) is 5.94. The van der Waals surface area contributed by atoms with E-state index in [1.165, 1.54) is 16.0 Å². The summed E-state index contributed by atoms with van der Waals surface area (Å²) in [6.45, 7) is 2.50. The van der Waals surface area contributed by atoms with Crippen molar-refractivity contribution in [3.63, 3.8) is 0 Å². The van der Waals surface area contributed by atoms with Crippen LogP contribution in [-0.4, -0.2) is 41.6 Å². The second-order valence-corrected chi connectivity index (χ2v) is 9.45. The summed E-state index contributed by atoms with van der Waals surface area (Å²) in [4.78, 5) is 26.8. The summed E-state index contributed by atoms with van der Waals surface area (Å²) in [5.74, 6) is 0.634. The van der Waals surface area contributed by atoms with Gasteiger partial charge in [0.05, 0.1) is 24.5 Å². The molecule has 1 aliphatic carbocycles. The highest BCUT2D eigenvalue weighted by Crippen LogP contribution is 2.50. The van der Waals surface area contributed by atoms with Gasteiger partial charge in [0.15, 0.2) is 0 Å². The molecule has 0 unspecified atom stereocenters. The number of nitrogens with zero attached hydrogens (tertiary/aromatic N) is 1. The fraction of sp³-hybridized carbons (Fsp3) is 0.429. The van der Waals surface area contributed by atoms with E-state index in [0.29, 0.717) is 24.5 Å². The predicted octanol–water partition coefficient (Wildman–Crippen LogP) is 4.45. The highest BCUT2D eigenvalue weighted by molar-refractivity contribution is 6.05. The molecule has 0 spiro atoms. The lowest BCUT2D eigenvalue weighted by molar-refractivity contribution is -0.138. The van der Waals surface area contributed by atoms with Crippen molar-refractivity contribution in [2.75, 3.05) is 13.7 Å². The van der Waals surface area contributed by atoms with E-state index in [9.17, 15) is 14.7 Å². The van der Waals surface area contributed by atoms with Crippen molar-refractivity contribution >= 4 is 23.5 Å². The first-order valence-electron chi connectivity index (χ1n) is 12.1. The molecule has 34 heavy (non-hydrogen) atoms. The maximum Gasteiger partial charge on any atom is 0.233 e. The van der Waals surface area contributed by atoms with Gasteiger partial charge in [-0.25, -0.2) is 0 Å². The third-order valence-electron chi connectivity index (χ3n) is 7.63. The third-order valence-corrected chi connectivity index (χ3v) is 7.63. The molecule has 178 valence electrons. The molecule has 4 atom stereocenters. The molecule has 2 fully saturated rings. The summed E-state index contributed by atoms with van der Waals surface area (Å²) in [6, 6.07) is 13.9. The Balaban J connectivity index is 1.40. The van der Waals surface area contributed by atoms with E-state index in [1.807, 2.05) is 30.3 Å². The highest BCUT2D eigenvalue weighted by atomic mass is 16.5. The molecule has 1 N–H and O–H groups in total. The van der Waals surface area contributed by atoms with Crippen molar-refractivity contribution in [3.8, 4) is 0 Å². The SMILES string of the molecule is CCC1=C2[C@@H](CC/C(=C/c3ccc(CO)o3)c3ccccc3)OC[C@@H]2[C@@H]2C(=O)N(C)C(=O)[C@@H]2C1. The van der Waals surface area contributed by atoms with Crippen molar-refractivity contribution < 1.29 is 23.8 Å². The molecule has 2 aliphatic heterocycles. The lowest BCUT2D eigenvalue weighted by Gasteiger charge is -2.31. The van der Waals surface area contributed by atoms with E-state index >= 15 is 0 Å². The summed E-state index contributed by atoms with van der Waals surface area (Å²) >= 11 is 0. The first-order valence-corrected chi connectivity index (χ1v) is 12.1. The van der Waals surface area contributed by atoms with E-state index in [4.69, 9.17) is 9.15 Å². The van der Waals surface area contributed by atoms with E-state index in [2.05, 4.69) is 19.1 Å². The normalized spacial score (nSPS) is 26.9. The smallest absolute Gasteiger partial charge is 0.233 e. The van der Waals surface area contributed by atoms with Crippen LogP contribution >= 0.6 is 0 Å². The predicted molar refractivity (Wildman–Crippen MR) is 128 cm³/mol. The zero-order valence-electron chi connectivity index (χ0n) is 19.7. The number of carbonyl (C=O) groups excluding carboxylic acids is 2. The largest absolute Gasteiger partial charge is 0.459 e. The van der Waals surface area contributed by atoms with E-state index in [0.717, 1.165) is 30.4 Å². The number of hydrogen-bond donors (Lipinski definition) is 1. The summed E-state index contributed by atoms with van der Waals surface area (Å²) < 4.78 is 12.0. The van der Waals surface area contributed by atoms with Crippen molar-refractivity contribution in [2.45, 2.75) is 45.3 Å². The summed E-state index contributed by atoms with van der Waals surface area (Å²) in [5.41, 5.74) is 4.79. The molecule has 1 aromatic carbocycles. The van der Waals surface area contributed by atoms with Crippen molar-refractivity contribution in [1.29, 1.82) is 0 Å². The van der Waals surface area contributed by atoms with Crippen LogP contribution in [0.4, 0.5) is 0 Å². The molecule has 0 bridgehead atoms. The van der Waals surface area contributed by atoms with E-state index in [-0.39, 0.29) is 42.3 Å². The number of furan rings is 1. The maximum atomic E-state index is 12.9. The number of allylic oxidation sites excluding steroid dienone is 2. The van der Waals surface area contributed by atoms with Gasteiger partial charge in [-0.3, -0.25) is 14.5 Å². The number of rotatable bonds is 7. The van der Waals surface area contributed by atoms with Crippen LogP contribution in [0, 0.1) is 17.8 Å².